The summed E-state index contributed by atoms with van der Waals surface area (Å²) >= 11 is 0. The van der Waals surface area contributed by atoms with Crippen LogP contribution < -0.4 is 0 Å². The fraction of sp³-hybridized carbons (Fsp3) is 0.429. The SMILES string of the molecule is O=C1CC[C@@H]2OC(=O)N(Cc3ccccc3)[C@H]2C1. The van der Waals surface area contributed by atoms with Gasteiger partial charge in [0.05, 0.1) is 6.04 Å². The van der Waals surface area contributed by atoms with Crippen LogP contribution in [0.15, 0.2) is 30.3 Å². The summed E-state index contributed by atoms with van der Waals surface area (Å²) in [4.78, 5) is 25.1. The molecule has 2 fully saturated rings. The fourth-order valence-electron chi connectivity index (χ4n) is 2.71. The van der Waals surface area contributed by atoms with Crippen LogP contribution in [-0.4, -0.2) is 28.9 Å². The minimum absolute atomic E-state index is 0.0704. The van der Waals surface area contributed by atoms with Gasteiger partial charge in [0.2, 0.25) is 0 Å². The van der Waals surface area contributed by atoms with Gasteiger partial charge in [-0.1, -0.05) is 30.3 Å². The average Bonchev–Trinajstić information content (AvgIpc) is 2.67. The van der Waals surface area contributed by atoms with Gasteiger partial charge in [-0.15, -0.1) is 0 Å². The zero-order valence-corrected chi connectivity index (χ0v) is 10.0. The average molecular weight is 245 g/mol. The molecule has 2 atom stereocenters. The van der Waals surface area contributed by atoms with Crippen molar-refractivity contribution >= 4 is 11.9 Å². The zero-order valence-electron chi connectivity index (χ0n) is 10.0. The van der Waals surface area contributed by atoms with Crippen molar-refractivity contribution in [2.24, 2.45) is 0 Å². The predicted molar refractivity (Wildman–Crippen MR) is 64.9 cm³/mol. The summed E-state index contributed by atoms with van der Waals surface area (Å²) < 4.78 is 5.33. The van der Waals surface area contributed by atoms with E-state index in [1.165, 1.54) is 0 Å². The summed E-state index contributed by atoms with van der Waals surface area (Å²) in [6, 6.07) is 9.72. The van der Waals surface area contributed by atoms with Crippen LogP contribution in [0.1, 0.15) is 24.8 Å². The monoisotopic (exact) mass is 245 g/mol. The number of hydrogen-bond acceptors (Lipinski definition) is 3. The largest absolute Gasteiger partial charge is 0.444 e. The maximum absolute atomic E-state index is 11.8. The van der Waals surface area contributed by atoms with Crippen LogP contribution in [-0.2, 0) is 16.1 Å². The smallest absolute Gasteiger partial charge is 0.410 e. The third-order valence-corrected chi connectivity index (χ3v) is 3.66. The summed E-state index contributed by atoms with van der Waals surface area (Å²) in [7, 11) is 0. The minimum atomic E-state index is -0.288. The van der Waals surface area contributed by atoms with Crippen molar-refractivity contribution in [3.05, 3.63) is 35.9 Å². The Hall–Kier alpha value is -1.84. The third-order valence-electron chi connectivity index (χ3n) is 3.66. The van der Waals surface area contributed by atoms with Gasteiger partial charge < -0.3 is 4.74 Å². The van der Waals surface area contributed by atoms with Crippen molar-refractivity contribution < 1.29 is 14.3 Å². The highest BCUT2D eigenvalue weighted by Crippen LogP contribution is 2.31. The summed E-state index contributed by atoms with van der Waals surface area (Å²) in [6.07, 6.45) is 1.25. The Kier molecular flexibility index (Phi) is 2.78. The van der Waals surface area contributed by atoms with E-state index < -0.39 is 0 Å². The van der Waals surface area contributed by atoms with Gasteiger partial charge in [0.25, 0.3) is 0 Å². The molecule has 1 aliphatic heterocycles. The first kappa shape index (κ1) is 11.3. The number of nitrogens with zero attached hydrogens (tertiary/aromatic N) is 1. The van der Waals surface area contributed by atoms with Gasteiger partial charge in [0.15, 0.2) is 0 Å². The van der Waals surface area contributed by atoms with Gasteiger partial charge in [-0.25, -0.2) is 4.79 Å². The molecule has 2 aliphatic rings. The molecule has 0 radical (unpaired) electrons. The van der Waals surface area contributed by atoms with Gasteiger partial charge in [0, 0.05) is 19.4 Å². The van der Waals surface area contributed by atoms with Crippen LogP contribution in [0, 0.1) is 0 Å². The van der Waals surface area contributed by atoms with Crippen molar-refractivity contribution in [1.82, 2.24) is 4.90 Å². The third kappa shape index (κ3) is 1.98. The van der Waals surface area contributed by atoms with Crippen LogP contribution in [0.5, 0.6) is 0 Å². The zero-order chi connectivity index (χ0) is 12.5. The second-order valence-electron chi connectivity index (χ2n) is 4.88. The highest BCUT2D eigenvalue weighted by atomic mass is 16.6. The number of carbonyl (C=O) groups excluding carboxylic acids is 2. The molecule has 18 heavy (non-hydrogen) atoms. The van der Waals surface area contributed by atoms with E-state index in [4.69, 9.17) is 4.74 Å². The van der Waals surface area contributed by atoms with Gasteiger partial charge in [0.1, 0.15) is 11.9 Å². The Bertz CT molecular complexity index is 471. The quantitative estimate of drug-likeness (QED) is 0.801. The van der Waals surface area contributed by atoms with Crippen molar-refractivity contribution in [2.45, 2.75) is 38.0 Å². The molecule has 1 saturated carbocycles. The maximum Gasteiger partial charge on any atom is 0.410 e. The molecule has 1 aliphatic carbocycles. The number of ether oxygens (including phenoxy) is 1. The molecular weight excluding hydrogens is 230 g/mol. The Morgan fingerprint density at radius 3 is 2.78 bits per heavy atom. The first-order chi connectivity index (χ1) is 8.74. The van der Waals surface area contributed by atoms with E-state index in [0.29, 0.717) is 25.8 Å². The first-order valence-electron chi connectivity index (χ1n) is 6.27. The molecule has 94 valence electrons. The number of benzene rings is 1. The van der Waals surface area contributed by atoms with Gasteiger partial charge in [-0.2, -0.15) is 0 Å². The minimum Gasteiger partial charge on any atom is -0.444 e. The summed E-state index contributed by atoms with van der Waals surface area (Å²) in [5, 5.41) is 0. The number of fused-ring (bicyclic) bond motifs is 1. The summed E-state index contributed by atoms with van der Waals surface area (Å²) in [5.41, 5.74) is 1.06. The molecule has 3 rings (SSSR count). The number of rotatable bonds is 2. The molecule has 1 amide bonds. The lowest BCUT2D eigenvalue weighted by Gasteiger charge is -2.27. The standard InChI is InChI=1S/C14H15NO3/c16-11-6-7-13-12(8-11)15(14(17)18-13)9-10-4-2-1-3-5-10/h1-5,12-13H,6-9H2/t12-,13-/m0/s1. The molecule has 0 aromatic heterocycles. The lowest BCUT2D eigenvalue weighted by Crippen LogP contribution is -2.40. The molecule has 1 aromatic rings. The topological polar surface area (TPSA) is 46.6 Å². The highest BCUT2D eigenvalue weighted by molar-refractivity contribution is 5.82. The molecule has 1 aromatic carbocycles. The van der Waals surface area contributed by atoms with E-state index in [-0.39, 0.29) is 24.0 Å². The van der Waals surface area contributed by atoms with E-state index in [0.717, 1.165) is 5.56 Å². The second-order valence-corrected chi connectivity index (χ2v) is 4.88. The molecule has 0 N–H and O–H groups in total. The van der Waals surface area contributed by atoms with Crippen molar-refractivity contribution in [1.29, 1.82) is 0 Å². The number of ketones is 1. The van der Waals surface area contributed by atoms with Crippen molar-refractivity contribution in [3.63, 3.8) is 0 Å². The predicted octanol–water partition coefficient (Wildman–Crippen LogP) is 2.13. The van der Waals surface area contributed by atoms with Crippen molar-refractivity contribution in [3.8, 4) is 0 Å². The van der Waals surface area contributed by atoms with Crippen LogP contribution in [0.2, 0.25) is 0 Å². The lowest BCUT2D eigenvalue weighted by atomic mass is 9.91. The molecular formula is C14H15NO3. The Labute approximate surface area is 106 Å². The molecule has 0 spiro atoms. The second kappa shape index (κ2) is 4.44. The lowest BCUT2D eigenvalue weighted by molar-refractivity contribution is -0.122. The van der Waals surface area contributed by atoms with E-state index >= 15 is 0 Å². The van der Waals surface area contributed by atoms with Gasteiger partial charge >= 0.3 is 6.09 Å². The summed E-state index contributed by atoms with van der Waals surface area (Å²) in [5.74, 6) is 0.229. The van der Waals surface area contributed by atoms with E-state index in [9.17, 15) is 9.59 Å². The number of amides is 1. The van der Waals surface area contributed by atoms with E-state index in [2.05, 4.69) is 0 Å². The molecule has 1 saturated heterocycles. The highest BCUT2D eigenvalue weighted by Gasteiger charge is 2.44. The maximum atomic E-state index is 11.8. The van der Waals surface area contributed by atoms with Crippen LogP contribution in [0.25, 0.3) is 0 Å². The molecule has 1 heterocycles. The Balaban J connectivity index is 1.78. The van der Waals surface area contributed by atoms with Crippen LogP contribution in [0.3, 0.4) is 0 Å². The van der Waals surface area contributed by atoms with Gasteiger partial charge in [-0.3, -0.25) is 9.69 Å². The Morgan fingerprint density at radius 2 is 2.00 bits per heavy atom. The van der Waals surface area contributed by atoms with E-state index in [1.54, 1.807) is 4.90 Å². The van der Waals surface area contributed by atoms with Crippen LogP contribution >= 0.6 is 0 Å². The normalized spacial score (nSPS) is 27.0. The summed E-state index contributed by atoms with van der Waals surface area (Å²) in [6.45, 7) is 0.522. The Morgan fingerprint density at radius 1 is 1.22 bits per heavy atom. The fourth-order valence-corrected chi connectivity index (χ4v) is 2.71. The number of hydrogen-bond donors (Lipinski definition) is 0. The molecule has 4 nitrogen and oxygen atoms in total. The van der Waals surface area contributed by atoms with Crippen molar-refractivity contribution in [2.75, 3.05) is 0 Å². The van der Waals surface area contributed by atoms with Gasteiger partial charge in [-0.05, 0) is 12.0 Å². The first-order valence-corrected chi connectivity index (χ1v) is 6.27. The molecule has 4 heteroatoms. The number of carbonyl (C=O) groups is 2. The molecule has 0 bridgehead atoms. The number of Topliss-reactive ketones (excluding diaryl/α,β-unsaturated/α-hetero) is 1. The van der Waals surface area contributed by atoms with Crippen LogP contribution in [0.4, 0.5) is 4.79 Å². The molecule has 0 unspecified atom stereocenters. The van der Waals surface area contributed by atoms with E-state index in [1.807, 2.05) is 30.3 Å².